The molecule has 110 valence electrons. The van der Waals surface area contributed by atoms with Crippen LogP contribution >= 0.6 is 0 Å². The van der Waals surface area contributed by atoms with Crippen LogP contribution in [0.3, 0.4) is 0 Å². The van der Waals surface area contributed by atoms with Crippen LogP contribution in [0, 0.1) is 0 Å². The average Bonchev–Trinajstić information content (AvgIpc) is 2.43. The number of nitrogens with zero attached hydrogens (tertiary/aromatic N) is 1. The van der Waals surface area contributed by atoms with Crippen molar-refractivity contribution in [1.29, 1.82) is 0 Å². The lowest BCUT2D eigenvalue weighted by molar-refractivity contribution is 0.0696. The molecule has 0 saturated heterocycles. The number of carboxylic acids is 1. The number of rotatable bonds is 4. The lowest BCUT2D eigenvalue weighted by Crippen LogP contribution is -2.18. The summed E-state index contributed by atoms with van der Waals surface area (Å²) in [5.41, 5.74) is -0.193. The molecule has 0 unspecified atom stereocenters. The summed E-state index contributed by atoms with van der Waals surface area (Å²) >= 11 is 0. The molecule has 0 atom stereocenters. The molecule has 2 N–H and O–H groups in total. The van der Waals surface area contributed by atoms with Crippen LogP contribution in [0.1, 0.15) is 10.4 Å². The maximum Gasteiger partial charge on any atom is 0.335 e. The van der Waals surface area contributed by atoms with Crippen LogP contribution < -0.4 is 10.3 Å². The molecule has 0 spiro atoms. The van der Waals surface area contributed by atoms with Gasteiger partial charge in [0.1, 0.15) is 0 Å². The number of anilines is 1. The topological polar surface area (TPSA) is 105 Å². The van der Waals surface area contributed by atoms with Gasteiger partial charge in [-0.1, -0.05) is 6.07 Å². The van der Waals surface area contributed by atoms with Gasteiger partial charge in [0.05, 0.1) is 16.1 Å². The van der Waals surface area contributed by atoms with Crippen molar-refractivity contribution in [2.75, 3.05) is 4.72 Å². The minimum atomic E-state index is -3.93. The molecule has 0 aliphatic rings. The maximum atomic E-state index is 12.2. The lowest BCUT2D eigenvalue weighted by Gasteiger charge is -2.09. The number of benzene rings is 1. The van der Waals surface area contributed by atoms with Crippen molar-refractivity contribution in [2.45, 2.75) is 4.90 Å². The highest BCUT2D eigenvalue weighted by Crippen LogP contribution is 2.16. The van der Waals surface area contributed by atoms with Gasteiger partial charge in [-0.15, -0.1) is 0 Å². The van der Waals surface area contributed by atoms with Gasteiger partial charge in [0.2, 0.25) is 5.56 Å². The van der Waals surface area contributed by atoms with Gasteiger partial charge in [-0.05, 0) is 24.3 Å². The molecule has 0 aliphatic carbocycles. The van der Waals surface area contributed by atoms with Crippen molar-refractivity contribution in [1.82, 2.24) is 4.57 Å². The van der Waals surface area contributed by atoms with Crippen molar-refractivity contribution in [2.24, 2.45) is 7.05 Å². The Bertz CT molecular complexity index is 855. The van der Waals surface area contributed by atoms with Gasteiger partial charge >= 0.3 is 5.97 Å². The Morgan fingerprint density at radius 2 is 1.95 bits per heavy atom. The van der Waals surface area contributed by atoms with Crippen LogP contribution in [0.4, 0.5) is 5.69 Å². The molecule has 0 aliphatic heterocycles. The third-order valence-electron chi connectivity index (χ3n) is 2.73. The van der Waals surface area contributed by atoms with Crippen LogP contribution in [0.2, 0.25) is 0 Å². The standard InChI is InChI=1S/C13H12N2O5S/c1-15-8-10(5-6-12(15)16)14-21(19,20)11-4-2-3-9(7-11)13(17)18/h2-8,14H,1H3,(H,17,18). The van der Waals surface area contributed by atoms with Crippen molar-refractivity contribution < 1.29 is 18.3 Å². The summed E-state index contributed by atoms with van der Waals surface area (Å²) < 4.78 is 27.9. The number of carbonyl (C=O) groups is 1. The molecule has 0 radical (unpaired) electrons. The lowest BCUT2D eigenvalue weighted by atomic mass is 10.2. The monoisotopic (exact) mass is 308 g/mol. The summed E-state index contributed by atoms with van der Waals surface area (Å²) in [5.74, 6) is -1.21. The molecule has 21 heavy (non-hydrogen) atoms. The van der Waals surface area contributed by atoms with Gasteiger partial charge in [-0.25, -0.2) is 13.2 Å². The van der Waals surface area contributed by atoms with E-state index in [0.717, 1.165) is 6.07 Å². The van der Waals surface area contributed by atoms with Crippen LogP contribution in [-0.2, 0) is 17.1 Å². The highest BCUT2D eigenvalue weighted by molar-refractivity contribution is 7.92. The fourth-order valence-corrected chi connectivity index (χ4v) is 2.75. The number of carboxylic acid groups (broad SMARTS) is 1. The molecule has 7 nitrogen and oxygen atoms in total. The predicted molar refractivity (Wildman–Crippen MR) is 75.9 cm³/mol. The van der Waals surface area contributed by atoms with Gasteiger partial charge in [0.15, 0.2) is 0 Å². The Morgan fingerprint density at radius 1 is 1.24 bits per heavy atom. The molecule has 8 heteroatoms. The van der Waals surface area contributed by atoms with Gasteiger partial charge in [-0.3, -0.25) is 9.52 Å². The quantitative estimate of drug-likeness (QED) is 0.872. The number of sulfonamides is 1. The second-order valence-corrected chi connectivity index (χ2v) is 5.99. The largest absolute Gasteiger partial charge is 0.478 e. The molecular weight excluding hydrogens is 296 g/mol. The molecule has 1 aromatic carbocycles. The first-order valence-electron chi connectivity index (χ1n) is 5.82. The summed E-state index contributed by atoms with van der Waals surface area (Å²) in [7, 11) is -2.44. The van der Waals surface area contributed by atoms with Gasteiger partial charge < -0.3 is 9.67 Å². The van der Waals surface area contributed by atoms with Crippen molar-refractivity contribution in [3.05, 3.63) is 58.5 Å². The second kappa shape index (κ2) is 5.41. The summed E-state index contributed by atoms with van der Waals surface area (Å²) in [6.07, 6.45) is 1.33. The van der Waals surface area contributed by atoms with E-state index in [1.165, 1.54) is 48.1 Å². The number of aromatic carboxylic acids is 1. The Labute approximate surface area is 120 Å². The number of aromatic nitrogens is 1. The smallest absolute Gasteiger partial charge is 0.335 e. The molecule has 2 aromatic rings. The second-order valence-electron chi connectivity index (χ2n) is 4.31. The number of pyridine rings is 1. The third-order valence-corrected chi connectivity index (χ3v) is 4.11. The number of aryl methyl sites for hydroxylation is 1. The highest BCUT2D eigenvalue weighted by Gasteiger charge is 2.16. The highest BCUT2D eigenvalue weighted by atomic mass is 32.2. The molecule has 1 aromatic heterocycles. The van der Waals surface area contributed by atoms with Crippen LogP contribution in [0.5, 0.6) is 0 Å². The van der Waals surface area contributed by atoms with E-state index in [2.05, 4.69) is 4.72 Å². The van der Waals surface area contributed by atoms with E-state index >= 15 is 0 Å². The number of hydrogen-bond acceptors (Lipinski definition) is 4. The Morgan fingerprint density at radius 3 is 2.57 bits per heavy atom. The third kappa shape index (κ3) is 3.29. The predicted octanol–water partition coefficient (Wildman–Crippen LogP) is 0.884. The van der Waals surface area contributed by atoms with E-state index < -0.39 is 16.0 Å². The first-order chi connectivity index (χ1) is 9.79. The fraction of sp³-hybridized carbons (Fsp3) is 0.0769. The zero-order chi connectivity index (χ0) is 15.6. The van der Waals surface area contributed by atoms with Crippen LogP contribution in [0.25, 0.3) is 0 Å². The zero-order valence-electron chi connectivity index (χ0n) is 11.0. The first-order valence-corrected chi connectivity index (χ1v) is 7.31. The maximum absolute atomic E-state index is 12.2. The van der Waals surface area contributed by atoms with Gasteiger partial charge in [-0.2, -0.15) is 0 Å². The summed E-state index contributed by atoms with van der Waals surface area (Å²) in [4.78, 5) is 21.9. The SMILES string of the molecule is Cn1cc(NS(=O)(=O)c2cccc(C(=O)O)c2)ccc1=O. The Kier molecular flexibility index (Phi) is 3.81. The van der Waals surface area contributed by atoms with Gasteiger partial charge in [0.25, 0.3) is 10.0 Å². The summed E-state index contributed by atoms with van der Waals surface area (Å²) in [6.45, 7) is 0. The minimum absolute atomic E-state index is 0.127. The molecule has 2 rings (SSSR count). The van der Waals surface area contributed by atoms with Crippen molar-refractivity contribution >= 4 is 21.7 Å². The summed E-state index contributed by atoms with van der Waals surface area (Å²) in [5, 5.41) is 8.88. The fourth-order valence-electron chi connectivity index (χ4n) is 1.66. The molecule has 0 amide bonds. The normalized spacial score (nSPS) is 11.1. The van der Waals surface area contributed by atoms with E-state index in [0.29, 0.717) is 0 Å². The molecule has 0 saturated carbocycles. The van der Waals surface area contributed by atoms with Crippen molar-refractivity contribution in [3.8, 4) is 0 Å². The Balaban J connectivity index is 2.38. The van der Waals surface area contributed by atoms with Crippen LogP contribution in [0.15, 0.2) is 52.3 Å². The first kappa shape index (κ1) is 14.8. The zero-order valence-corrected chi connectivity index (χ0v) is 11.8. The van der Waals surface area contributed by atoms with E-state index in [-0.39, 0.29) is 21.7 Å². The minimum Gasteiger partial charge on any atom is -0.478 e. The molecular formula is C13H12N2O5S. The van der Waals surface area contributed by atoms with E-state index in [1.54, 1.807) is 0 Å². The average molecular weight is 308 g/mol. The molecule has 0 bridgehead atoms. The summed E-state index contributed by atoms with van der Waals surface area (Å²) in [6, 6.07) is 7.56. The van der Waals surface area contributed by atoms with Crippen LogP contribution in [-0.4, -0.2) is 24.1 Å². The number of hydrogen-bond donors (Lipinski definition) is 2. The van der Waals surface area contributed by atoms with E-state index in [9.17, 15) is 18.0 Å². The molecule has 0 fully saturated rings. The van der Waals surface area contributed by atoms with E-state index in [4.69, 9.17) is 5.11 Å². The number of nitrogens with one attached hydrogen (secondary N) is 1. The Hall–Kier alpha value is -2.61. The molecule has 1 heterocycles. The van der Waals surface area contributed by atoms with Gasteiger partial charge in [0, 0.05) is 19.3 Å². The van der Waals surface area contributed by atoms with E-state index in [1.807, 2.05) is 0 Å². The van der Waals surface area contributed by atoms with Crippen molar-refractivity contribution in [3.63, 3.8) is 0 Å².